The molecule has 0 spiro atoms. The number of rotatable bonds is 1. The molecule has 11 heavy (non-hydrogen) atoms. The Hall–Kier alpha value is 0. The third-order valence-electron chi connectivity index (χ3n) is 4.00. The maximum atomic E-state index is 2.38. The summed E-state index contributed by atoms with van der Waals surface area (Å²) >= 11 is 0. The van der Waals surface area contributed by atoms with Crippen LogP contribution < -0.4 is 0 Å². The van der Waals surface area contributed by atoms with Crippen LogP contribution >= 0.6 is 0 Å². The van der Waals surface area contributed by atoms with Crippen LogP contribution in [0.15, 0.2) is 0 Å². The van der Waals surface area contributed by atoms with Gasteiger partial charge in [0.2, 0.25) is 0 Å². The van der Waals surface area contributed by atoms with Gasteiger partial charge in [-0.15, -0.1) is 0 Å². The molecule has 0 aromatic heterocycles. The van der Waals surface area contributed by atoms with Crippen molar-refractivity contribution in [2.24, 2.45) is 17.8 Å². The first-order valence-electron chi connectivity index (χ1n) is 5.42. The lowest BCUT2D eigenvalue weighted by Gasteiger charge is -2.33. The Labute approximate surface area is 70.4 Å². The van der Waals surface area contributed by atoms with Gasteiger partial charge in [-0.05, 0) is 24.2 Å². The maximum Gasteiger partial charge on any atom is -0.0358 e. The van der Waals surface area contributed by atoms with E-state index in [4.69, 9.17) is 0 Å². The Kier molecular flexibility index (Phi) is 2.20. The summed E-state index contributed by atoms with van der Waals surface area (Å²) in [5.74, 6) is 3.40. The third-order valence-corrected chi connectivity index (χ3v) is 4.00. The van der Waals surface area contributed by atoms with Crippen molar-refractivity contribution in [3.63, 3.8) is 0 Å². The van der Waals surface area contributed by atoms with Gasteiger partial charge in [-0.25, -0.2) is 0 Å². The van der Waals surface area contributed by atoms with Gasteiger partial charge < -0.3 is 0 Å². The first kappa shape index (κ1) is 7.64. The van der Waals surface area contributed by atoms with Crippen molar-refractivity contribution in [2.45, 2.75) is 51.9 Å². The molecular formula is C11H20. The second kappa shape index (κ2) is 3.16. The first-order valence-corrected chi connectivity index (χ1v) is 5.42. The van der Waals surface area contributed by atoms with Crippen molar-refractivity contribution >= 4 is 0 Å². The molecule has 0 saturated heterocycles. The highest BCUT2D eigenvalue weighted by atomic mass is 14.4. The molecule has 0 radical (unpaired) electrons. The van der Waals surface area contributed by atoms with E-state index in [1.807, 2.05) is 0 Å². The summed E-state index contributed by atoms with van der Waals surface area (Å²) in [6.07, 6.45) is 10.7. The second-order valence-corrected chi connectivity index (χ2v) is 4.45. The largest absolute Gasteiger partial charge is 0.0651 e. The molecule has 0 amide bonds. The first-order chi connectivity index (χ1) is 5.42. The van der Waals surface area contributed by atoms with Crippen molar-refractivity contribution < 1.29 is 0 Å². The van der Waals surface area contributed by atoms with Gasteiger partial charge in [-0.3, -0.25) is 0 Å². The Balaban J connectivity index is 2.00. The molecule has 2 saturated carbocycles. The summed E-state index contributed by atoms with van der Waals surface area (Å²) in [6.45, 7) is 2.38. The van der Waals surface area contributed by atoms with Crippen LogP contribution in [0.4, 0.5) is 0 Å². The zero-order valence-corrected chi connectivity index (χ0v) is 7.68. The highest BCUT2D eigenvalue weighted by molar-refractivity contribution is 4.85. The minimum absolute atomic E-state index is 1.11. The highest BCUT2D eigenvalue weighted by Gasteiger charge is 2.35. The van der Waals surface area contributed by atoms with Crippen LogP contribution in [0.1, 0.15) is 51.9 Å². The van der Waals surface area contributed by atoms with E-state index in [0.29, 0.717) is 0 Å². The molecule has 0 aromatic carbocycles. The van der Waals surface area contributed by atoms with Crippen LogP contribution in [0.2, 0.25) is 0 Å². The molecule has 2 aliphatic rings. The second-order valence-electron chi connectivity index (χ2n) is 4.45. The molecule has 2 rings (SSSR count). The van der Waals surface area contributed by atoms with Gasteiger partial charge in [0.05, 0.1) is 0 Å². The molecule has 0 bridgehead atoms. The molecule has 2 fully saturated rings. The summed E-state index contributed by atoms with van der Waals surface area (Å²) in [7, 11) is 0. The molecule has 0 aliphatic heterocycles. The Bertz CT molecular complexity index is 128. The molecule has 2 aliphatic carbocycles. The van der Waals surface area contributed by atoms with Crippen molar-refractivity contribution in [1.29, 1.82) is 0 Å². The van der Waals surface area contributed by atoms with Gasteiger partial charge in [0.25, 0.3) is 0 Å². The fraction of sp³-hybridized carbons (Fsp3) is 1.00. The van der Waals surface area contributed by atoms with Crippen molar-refractivity contribution in [3.8, 4) is 0 Å². The molecule has 3 atom stereocenters. The van der Waals surface area contributed by atoms with Crippen molar-refractivity contribution in [1.82, 2.24) is 0 Å². The van der Waals surface area contributed by atoms with Gasteiger partial charge in [0, 0.05) is 0 Å². The zero-order valence-electron chi connectivity index (χ0n) is 7.68. The molecule has 0 heterocycles. The molecule has 0 nitrogen and oxygen atoms in total. The normalized spacial score (nSPS) is 43.9. The van der Waals surface area contributed by atoms with E-state index in [-0.39, 0.29) is 0 Å². The van der Waals surface area contributed by atoms with E-state index in [2.05, 4.69) is 6.92 Å². The van der Waals surface area contributed by atoms with E-state index in [1.54, 1.807) is 19.3 Å². The van der Waals surface area contributed by atoms with Gasteiger partial charge in [-0.1, -0.05) is 45.4 Å². The van der Waals surface area contributed by atoms with Crippen LogP contribution in [-0.4, -0.2) is 0 Å². The summed E-state index contributed by atoms with van der Waals surface area (Å²) < 4.78 is 0. The van der Waals surface area contributed by atoms with Crippen LogP contribution in [0.3, 0.4) is 0 Å². The van der Waals surface area contributed by atoms with E-state index < -0.39 is 0 Å². The van der Waals surface area contributed by atoms with Gasteiger partial charge >= 0.3 is 0 Å². The lowest BCUT2D eigenvalue weighted by molar-refractivity contribution is 0.177. The minimum Gasteiger partial charge on any atom is -0.0651 e. The van der Waals surface area contributed by atoms with Crippen LogP contribution in [-0.2, 0) is 0 Å². The highest BCUT2D eigenvalue weighted by Crippen LogP contribution is 2.46. The van der Waals surface area contributed by atoms with Gasteiger partial charge in [0.1, 0.15) is 0 Å². The molecule has 2 unspecified atom stereocenters. The smallest absolute Gasteiger partial charge is 0.0358 e. The minimum atomic E-state index is 1.11. The molecule has 0 N–H and O–H groups in total. The lowest BCUT2D eigenvalue weighted by atomic mass is 9.73. The summed E-state index contributed by atoms with van der Waals surface area (Å²) in [5.41, 5.74) is 0. The third kappa shape index (κ3) is 1.32. The molecule has 64 valence electrons. The zero-order chi connectivity index (χ0) is 7.68. The van der Waals surface area contributed by atoms with Crippen LogP contribution in [0.25, 0.3) is 0 Å². The van der Waals surface area contributed by atoms with E-state index in [0.717, 1.165) is 17.8 Å². The number of fused-ring (bicyclic) bond motifs is 1. The average molecular weight is 152 g/mol. The standard InChI is InChI=1S/C11H20/c1-2-9-5-3-6-10-7-4-8-11(9)10/h9-11H,2-8H2,1H3/t9?,10-,11?/m1/s1. The predicted molar refractivity (Wildman–Crippen MR) is 48.5 cm³/mol. The van der Waals surface area contributed by atoms with Gasteiger partial charge in [-0.2, -0.15) is 0 Å². The van der Waals surface area contributed by atoms with Crippen LogP contribution in [0, 0.1) is 17.8 Å². The van der Waals surface area contributed by atoms with Crippen molar-refractivity contribution in [3.05, 3.63) is 0 Å². The fourth-order valence-corrected chi connectivity index (χ4v) is 3.41. The van der Waals surface area contributed by atoms with E-state index >= 15 is 0 Å². The topological polar surface area (TPSA) is 0 Å². The Morgan fingerprint density at radius 3 is 2.45 bits per heavy atom. The maximum absolute atomic E-state index is 2.38. The number of hydrogen-bond donors (Lipinski definition) is 0. The average Bonchev–Trinajstić information content (AvgIpc) is 2.50. The van der Waals surface area contributed by atoms with E-state index in [1.165, 1.54) is 25.7 Å². The Morgan fingerprint density at radius 1 is 1.00 bits per heavy atom. The summed E-state index contributed by atoms with van der Waals surface area (Å²) in [6, 6.07) is 0. The lowest BCUT2D eigenvalue weighted by Crippen LogP contribution is -2.23. The monoisotopic (exact) mass is 152 g/mol. The quantitative estimate of drug-likeness (QED) is 0.538. The predicted octanol–water partition coefficient (Wildman–Crippen LogP) is 3.61. The summed E-state index contributed by atoms with van der Waals surface area (Å²) in [5, 5.41) is 0. The number of hydrogen-bond acceptors (Lipinski definition) is 0. The summed E-state index contributed by atoms with van der Waals surface area (Å²) in [4.78, 5) is 0. The van der Waals surface area contributed by atoms with Gasteiger partial charge in [0.15, 0.2) is 0 Å². The van der Waals surface area contributed by atoms with Crippen molar-refractivity contribution in [2.75, 3.05) is 0 Å². The molecule has 0 aromatic rings. The SMILES string of the molecule is CCC1CCC[C@@H]2CCCC12. The van der Waals surface area contributed by atoms with Crippen LogP contribution in [0.5, 0.6) is 0 Å². The van der Waals surface area contributed by atoms with E-state index in [9.17, 15) is 0 Å². The molecule has 0 heteroatoms. The molecular weight excluding hydrogens is 132 g/mol. The fourth-order valence-electron chi connectivity index (χ4n) is 3.41. The Morgan fingerprint density at radius 2 is 1.73 bits per heavy atom.